The van der Waals surface area contributed by atoms with E-state index in [1.807, 2.05) is 32.5 Å². The number of carbonyl (C=O) groups excluding carboxylic acids is 1. The zero-order valence-corrected chi connectivity index (χ0v) is 15.1. The standard InChI is InChI=1S/C16H32N2O2S/c1-6-16(7-2,18-14(19)20-15(3,4)5)12-17-13-9-8-10-21-11-13/h13,17H,6-12H2,1-5H3,(H,18,19). The molecule has 5 heteroatoms. The molecule has 0 aliphatic carbocycles. The quantitative estimate of drug-likeness (QED) is 0.787. The van der Waals surface area contributed by atoms with Gasteiger partial charge in [0.05, 0.1) is 5.54 Å². The van der Waals surface area contributed by atoms with Gasteiger partial charge in [0.15, 0.2) is 0 Å². The summed E-state index contributed by atoms with van der Waals surface area (Å²) in [6.07, 6.45) is 4.01. The van der Waals surface area contributed by atoms with Crippen LogP contribution in [0.5, 0.6) is 0 Å². The Morgan fingerprint density at radius 2 is 1.95 bits per heavy atom. The van der Waals surface area contributed by atoms with E-state index in [1.54, 1.807) is 0 Å². The van der Waals surface area contributed by atoms with E-state index in [4.69, 9.17) is 4.74 Å². The lowest BCUT2D eigenvalue weighted by Crippen LogP contribution is -2.56. The molecule has 0 bridgehead atoms. The number of nitrogens with one attached hydrogen (secondary N) is 2. The van der Waals surface area contributed by atoms with E-state index in [-0.39, 0.29) is 11.6 Å². The SMILES string of the molecule is CCC(CC)(CNC1CCCSC1)NC(=O)OC(C)(C)C. The summed E-state index contributed by atoms with van der Waals surface area (Å²) in [7, 11) is 0. The van der Waals surface area contributed by atoms with Crippen LogP contribution < -0.4 is 10.6 Å². The van der Waals surface area contributed by atoms with Gasteiger partial charge in [-0.05, 0) is 52.2 Å². The Kier molecular flexibility index (Phi) is 7.34. The van der Waals surface area contributed by atoms with Crippen molar-refractivity contribution in [1.29, 1.82) is 0 Å². The average molecular weight is 317 g/mol. The first-order valence-corrected chi connectivity index (χ1v) is 9.28. The highest BCUT2D eigenvalue weighted by Gasteiger charge is 2.31. The summed E-state index contributed by atoms with van der Waals surface area (Å²) in [5.74, 6) is 2.46. The highest BCUT2D eigenvalue weighted by atomic mass is 32.2. The van der Waals surface area contributed by atoms with Gasteiger partial charge in [-0.25, -0.2) is 4.79 Å². The van der Waals surface area contributed by atoms with Crippen LogP contribution in [0.15, 0.2) is 0 Å². The van der Waals surface area contributed by atoms with Crippen LogP contribution in [0.1, 0.15) is 60.3 Å². The number of thioether (sulfide) groups is 1. The number of hydrogen-bond acceptors (Lipinski definition) is 4. The fourth-order valence-electron chi connectivity index (χ4n) is 2.48. The summed E-state index contributed by atoms with van der Waals surface area (Å²) in [6.45, 7) is 10.7. The minimum atomic E-state index is -0.454. The molecule has 0 radical (unpaired) electrons. The number of ether oxygens (including phenoxy) is 1. The van der Waals surface area contributed by atoms with E-state index in [0.29, 0.717) is 6.04 Å². The van der Waals surface area contributed by atoms with Crippen LogP contribution in [-0.2, 0) is 4.74 Å². The Morgan fingerprint density at radius 3 is 2.43 bits per heavy atom. The summed E-state index contributed by atoms with van der Waals surface area (Å²) in [5.41, 5.74) is -0.671. The molecule has 0 aromatic rings. The molecule has 21 heavy (non-hydrogen) atoms. The highest BCUT2D eigenvalue weighted by molar-refractivity contribution is 7.99. The van der Waals surface area contributed by atoms with Crippen LogP contribution in [0.3, 0.4) is 0 Å². The Morgan fingerprint density at radius 1 is 1.29 bits per heavy atom. The number of carbonyl (C=O) groups is 1. The van der Waals surface area contributed by atoms with E-state index in [1.165, 1.54) is 24.3 Å². The Hall–Kier alpha value is -0.420. The van der Waals surface area contributed by atoms with Crippen LogP contribution in [-0.4, -0.2) is 41.3 Å². The van der Waals surface area contributed by atoms with E-state index < -0.39 is 5.60 Å². The van der Waals surface area contributed by atoms with Gasteiger partial charge < -0.3 is 15.4 Å². The lowest BCUT2D eigenvalue weighted by molar-refractivity contribution is 0.0444. The molecule has 4 nitrogen and oxygen atoms in total. The lowest BCUT2D eigenvalue weighted by Gasteiger charge is -2.36. The maximum absolute atomic E-state index is 12.1. The number of hydrogen-bond donors (Lipinski definition) is 2. The summed E-state index contributed by atoms with van der Waals surface area (Å²) >= 11 is 2.02. The van der Waals surface area contributed by atoms with Gasteiger partial charge in [0.1, 0.15) is 5.60 Å². The van der Waals surface area contributed by atoms with Crippen LogP contribution in [0.2, 0.25) is 0 Å². The van der Waals surface area contributed by atoms with Crippen molar-refractivity contribution in [2.75, 3.05) is 18.1 Å². The minimum absolute atomic E-state index is 0.218. The molecule has 124 valence electrons. The number of rotatable bonds is 6. The third-order valence-corrected chi connectivity index (χ3v) is 5.22. The van der Waals surface area contributed by atoms with Gasteiger partial charge >= 0.3 is 6.09 Å². The molecule has 0 spiro atoms. The highest BCUT2D eigenvalue weighted by Crippen LogP contribution is 2.20. The van der Waals surface area contributed by atoms with Gasteiger partial charge in [-0.15, -0.1) is 0 Å². The van der Waals surface area contributed by atoms with Crippen molar-refractivity contribution in [2.24, 2.45) is 0 Å². The van der Waals surface area contributed by atoms with Gasteiger partial charge in [0.2, 0.25) is 0 Å². The van der Waals surface area contributed by atoms with Crippen molar-refractivity contribution < 1.29 is 9.53 Å². The Balaban J connectivity index is 2.53. The van der Waals surface area contributed by atoms with Crippen molar-refractivity contribution in [3.63, 3.8) is 0 Å². The van der Waals surface area contributed by atoms with Gasteiger partial charge in [-0.3, -0.25) is 0 Å². The molecular weight excluding hydrogens is 284 g/mol. The maximum atomic E-state index is 12.1. The van der Waals surface area contributed by atoms with E-state index in [2.05, 4.69) is 24.5 Å². The second kappa shape index (κ2) is 8.28. The number of amides is 1. The zero-order chi connectivity index (χ0) is 15.9. The van der Waals surface area contributed by atoms with Crippen molar-refractivity contribution >= 4 is 17.9 Å². The van der Waals surface area contributed by atoms with E-state index in [9.17, 15) is 4.79 Å². The van der Waals surface area contributed by atoms with Crippen LogP contribution in [0.4, 0.5) is 4.79 Å². The fourth-order valence-corrected chi connectivity index (χ4v) is 3.59. The average Bonchev–Trinajstić information content (AvgIpc) is 2.43. The van der Waals surface area contributed by atoms with Crippen molar-refractivity contribution in [3.05, 3.63) is 0 Å². The van der Waals surface area contributed by atoms with Crippen LogP contribution in [0, 0.1) is 0 Å². The fraction of sp³-hybridized carbons (Fsp3) is 0.938. The first-order valence-electron chi connectivity index (χ1n) is 8.12. The molecule has 0 aromatic heterocycles. The van der Waals surface area contributed by atoms with Gasteiger partial charge in [0, 0.05) is 18.3 Å². The topological polar surface area (TPSA) is 50.4 Å². The van der Waals surface area contributed by atoms with Gasteiger partial charge in [0.25, 0.3) is 0 Å². The monoisotopic (exact) mass is 316 g/mol. The molecule has 0 aromatic carbocycles. The van der Waals surface area contributed by atoms with Crippen molar-refractivity contribution in [2.45, 2.75) is 77.5 Å². The molecule has 1 amide bonds. The van der Waals surface area contributed by atoms with Crippen LogP contribution in [0.25, 0.3) is 0 Å². The Bertz CT molecular complexity index is 319. The first kappa shape index (κ1) is 18.6. The predicted molar refractivity (Wildman–Crippen MR) is 91.0 cm³/mol. The molecule has 1 atom stereocenters. The number of alkyl carbamates (subject to hydrolysis) is 1. The second-order valence-corrected chi connectivity index (χ2v) is 8.06. The molecule has 2 N–H and O–H groups in total. The predicted octanol–water partition coefficient (Wildman–Crippen LogP) is 3.56. The van der Waals surface area contributed by atoms with Crippen molar-refractivity contribution in [3.8, 4) is 0 Å². The zero-order valence-electron chi connectivity index (χ0n) is 14.3. The Labute approximate surface area is 134 Å². The lowest BCUT2D eigenvalue weighted by atomic mass is 9.92. The summed E-state index contributed by atoms with van der Waals surface area (Å²) in [5, 5.41) is 6.74. The van der Waals surface area contributed by atoms with Crippen LogP contribution >= 0.6 is 11.8 Å². The summed E-state index contributed by atoms with van der Waals surface area (Å²) in [6, 6.07) is 0.571. The normalized spacial score (nSPS) is 20.1. The maximum Gasteiger partial charge on any atom is 0.408 e. The molecule has 1 fully saturated rings. The molecule has 0 saturated carbocycles. The summed E-state index contributed by atoms with van der Waals surface area (Å²) in [4.78, 5) is 12.1. The van der Waals surface area contributed by atoms with Gasteiger partial charge in [-0.1, -0.05) is 13.8 Å². The minimum Gasteiger partial charge on any atom is -0.444 e. The third kappa shape index (κ3) is 6.92. The molecule has 1 heterocycles. The molecule has 1 unspecified atom stereocenters. The van der Waals surface area contributed by atoms with E-state index in [0.717, 1.165) is 19.4 Å². The molecule has 1 saturated heterocycles. The van der Waals surface area contributed by atoms with Gasteiger partial charge in [-0.2, -0.15) is 11.8 Å². The molecule has 1 aliphatic rings. The molecular formula is C16H32N2O2S. The summed E-state index contributed by atoms with van der Waals surface area (Å²) < 4.78 is 5.41. The smallest absolute Gasteiger partial charge is 0.408 e. The molecule has 1 rings (SSSR count). The third-order valence-electron chi connectivity index (χ3n) is 4.01. The molecule has 1 aliphatic heterocycles. The largest absolute Gasteiger partial charge is 0.444 e. The van der Waals surface area contributed by atoms with Crippen molar-refractivity contribution in [1.82, 2.24) is 10.6 Å². The first-order chi connectivity index (χ1) is 9.80. The van der Waals surface area contributed by atoms with E-state index >= 15 is 0 Å². The second-order valence-electron chi connectivity index (χ2n) is 6.91.